The van der Waals surface area contributed by atoms with Crippen LogP contribution in [0.1, 0.15) is 28.4 Å². The highest BCUT2D eigenvalue weighted by Gasteiger charge is 2.11. The first-order chi connectivity index (χ1) is 13.6. The van der Waals surface area contributed by atoms with Crippen LogP contribution >= 0.6 is 11.8 Å². The van der Waals surface area contributed by atoms with Crippen LogP contribution in [0.4, 0.5) is 0 Å². The number of hydrogen-bond acceptors (Lipinski definition) is 7. The highest BCUT2D eigenvalue weighted by Crippen LogP contribution is 2.24. The maximum Gasteiger partial charge on any atom is 0.277 e. The Morgan fingerprint density at radius 1 is 0.964 bits per heavy atom. The van der Waals surface area contributed by atoms with Crippen molar-refractivity contribution < 1.29 is 9.15 Å². The van der Waals surface area contributed by atoms with Crippen molar-refractivity contribution in [1.82, 2.24) is 20.2 Å². The largest absolute Gasteiger partial charge is 0.484 e. The first kappa shape index (κ1) is 18.4. The van der Waals surface area contributed by atoms with Gasteiger partial charge in [-0.25, -0.2) is 9.97 Å². The topological polar surface area (TPSA) is 73.9 Å². The second-order valence-corrected chi connectivity index (χ2v) is 7.48. The Morgan fingerprint density at radius 2 is 1.75 bits per heavy atom. The fourth-order valence-corrected chi connectivity index (χ4v) is 3.54. The van der Waals surface area contributed by atoms with Crippen LogP contribution in [-0.4, -0.2) is 20.2 Å². The van der Waals surface area contributed by atoms with Crippen molar-refractivity contribution in [2.75, 3.05) is 0 Å². The van der Waals surface area contributed by atoms with Gasteiger partial charge >= 0.3 is 0 Å². The van der Waals surface area contributed by atoms with Crippen LogP contribution in [0.3, 0.4) is 0 Å². The van der Waals surface area contributed by atoms with E-state index < -0.39 is 0 Å². The van der Waals surface area contributed by atoms with E-state index in [-0.39, 0.29) is 6.61 Å². The molecule has 0 spiro atoms. The average molecular weight is 392 g/mol. The van der Waals surface area contributed by atoms with Crippen LogP contribution in [0.25, 0.3) is 11.0 Å². The molecule has 0 atom stereocenters. The Hall–Kier alpha value is -2.93. The molecular formula is C21H20N4O2S. The van der Waals surface area contributed by atoms with Crippen molar-refractivity contribution in [2.45, 2.75) is 38.4 Å². The van der Waals surface area contributed by atoms with E-state index in [4.69, 9.17) is 14.1 Å². The molecule has 7 heteroatoms. The summed E-state index contributed by atoms with van der Waals surface area (Å²) in [5.41, 5.74) is 5.83. The number of aryl methyl sites for hydroxylation is 3. The number of nitrogens with zero attached hydrogens (tertiary/aromatic N) is 4. The van der Waals surface area contributed by atoms with Crippen LogP contribution in [-0.2, 0) is 12.4 Å². The fourth-order valence-electron chi connectivity index (χ4n) is 2.75. The third-order valence-corrected chi connectivity index (χ3v) is 5.15. The molecule has 0 bridgehead atoms. The summed E-state index contributed by atoms with van der Waals surface area (Å²) in [5.74, 6) is 1.89. The molecule has 0 radical (unpaired) electrons. The molecule has 0 saturated heterocycles. The summed E-state index contributed by atoms with van der Waals surface area (Å²) in [7, 11) is 0. The summed E-state index contributed by atoms with van der Waals surface area (Å²) >= 11 is 1.45. The standard InChI is InChI=1S/C21H20N4O2S/c1-13-8-9-14(2)19(10-13)26-11-20-24-25-21(27-20)28-12-18-15(3)22-16-6-4-5-7-17(16)23-18/h4-10H,11-12H2,1-3H3. The SMILES string of the molecule is Cc1ccc(C)c(OCc2nnc(SCc3nc4ccccc4nc3C)o2)c1. The second-order valence-electron chi connectivity index (χ2n) is 6.55. The first-order valence-electron chi connectivity index (χ1n) is 8.96. The summed E-state index contributed by atoms with van der Waals surface area (Å²) in [6, 6.07) is 13.9. The minimum absolute atomic E-state index is 0.243. The van der Waals surface area contributed by atoms with Crippen LogP contribution in [0.2, 0.25) is 0 Å². The van der Waals surface area contributed by atoms with Gasteiger partial charge in [-0.1, -0.05) is 36.0 Å². The number of aromatic nitrogens is 4. The zero-order chi connectivity index (χ0) is 19.5. The van der Waals surface area contributed by atoms with Crippen molar-refractivity contribution in [3.63, 3.8) is 0 Å². The van der Waals surface area contributed by atoms with Crippen LogP contribution in [0.5, 0.6) is 5.75 Å². The van der Waals surface area contributed by atoms with Gasteiger partial charge in [0.1, 0.15) is 5.75 Å². The maximum absolute atomic E-state index is 5.82. The summed E-state index contributed by atoms with van der Waals surface area (Å²) in [6.45, 7) is 6.25. The molecule has 0 fully saturated rings. The van der Waals surface area contributed by atoms with E-state index >= 15 is 0 Å². The molecule has 0 amide bonds. The molecule has 0 unspecified atom stereocenters. The van der Waals surface area contributed by atoms with Gasteiger partial charge in [0.2, 0.25) is 0 Å². The lowest BCUT2D eigenvalue weighted by Crippen LogP contribution is -1.97. The molecular weight excluding hydrogens is 372 g/mol. The molecule has 0 aliphatic heterocycles. The molecule has 2 aromatic carbocycles. The van der Waals surface area contributed by atoms with Crippen molar-refractivity contribution >= 4 is 22.8 Å². The van der Waals surface area contributed by atoms with Gasteiger partial charge in [0.25, 0.3) is 11.1 Å². The predicted molar refractivity (Wildman–Crippen MR) is 108 cm³/mol. The minimum atomic E-state index is 0.243. The van der Waals surface area contributed by atoms with Crippen molar-refractivity contribution in [1.29, 1.82) is 0 Å². The molecule has 0 saturated carbocycles. The van der Waals surface area contributed by atoms with Gasteiger partial charge in [-0.3, -0.25) is 0 Å². The van der Waals surface area contributed by atoms with E-state index in [1.165, 1.54) is 11.8 Å². The predicted octanol–water partition coefficient (Wildman–Crippen LogP) is 4.81. The molecule has 2 heterocycles. The molecule has 0 aliphatic carbocycles. The summed E-state index contributed by atoms with van der Waals surface area (Å²) < 4.78 is 11.5. The van der Waals surface area contributed by atoms with Gasteiger partial charge < -0.3 is 9.15 Å². The molecule has 4 rings (SSSR count). The van der Waals surface area contributed by atoms with E-state index in [2.05, 4.69) is 21.2 Å². The number of ether oxygens (including phenoxy) is 1. The number of thioether (sulfide) groups is 1. The van der Waals surface area contributed by atoms with Gasteiger partial charge in [-0.05, 0) is 50.1 Å². The normalized spacial score (nSPS) is 11.1. The summed E-state index contributed by atoms with van der Waals surface area (Å²) in [4.78, 5) is 9.30. The van der Waals surface area contributed by atoms with Gasteiger partial charge in [0.15, 0.2) is 6.61 Å². The Balaban J connectivity index is 1.40. The number of fused-ring (bicyclic) bond motifs is 1. The Labute approximate surface area is 167 Å². The highest BCUT2D eigenvalue weighted by molar-refractivity contribution is 7.98. The number of hydrogen-bond donors (Lipinski definition) is 0. The molecule has 28 heavy (non-hydrogen) atoms. The number of rotatable bonds is 6. The highest BCUT2D eigenvalue weighted by atomic mass is 32.2. The molecule has 142 valence electrons. The lowest BCUT2D eigenvalue weighted by molar-refractivity contribution is 0.250. The smallest absolute Gasteiger partial charge is 0.277 e. The van der Waals surface area contributed by atoms with E-state index in [1.807, 2.05) is 57.2 Å². The van der Waals surface area contributed by atoms with E-state index in [9.17, 15) is 0 Å². The number of para-hydroxylation sites is 2. The average Bonchev–Trinajstić information content (AvgIpc) is 3.15. The Bertz CT molecular complexity index is 1130. The Morgan fingerprint density at radius 3 is 2.57 bits per heavy atom. The maximum atomic E-state index is 5.82. The fraction of sp³-hybridized carbons (Fsp3) is 0.238. The summed E-state index contributed by atoms with van der Waals surface area (Å²) in [6.07, 6.45) is 0. The lowest BCUT2D eigenvalue weighted by Gasteiger charge is -2.07. The van der Waals surface area contributed by atoms with E-state index in [1.54, 1.807) is 0 Å². The van der Waals surface area contributed by atoms with Crippen LogP contribution in [0, 0.1) is 20.8 Å². The van der Waals surface area contributed by atoms with Crippen molar-refractivity contribution in [3.8, 4) is 5.75 Å². The molecule has 2 aromatic heterocycles. The lowest BCUT2D eigenvalue weighted by atomic mass is 10.1. The summed E-state index contributed by atoms with van der Waals surface area (Å²) in [5, 5.41) is 8.66. The third kappa shape index (κ3) is 4.14. The van der Waals surface area contributed by atoms with E-state index in [0.717, 1.165) is 39.3 Å². The van der Waals surface area contributed by atoms with Crippen molar-refractivity contribution in [2.24, 2.45) is 0 Å². The Kier molecular flexibility index (Phi) is 5.25. The molecule has 0 N–H and O–H groups in total. The van der Waals surface area contributed by atoms with Gasteiger partial charge in [0.05, 0.1) is 22.4 Å². The molecule has 4 aromatic rings. The van der Waals surface area contributed by atoms with E-state index in [0.29, 0.717) is 16.9 Å². The zero-order valence-electron chi connectivity index (χ0n) is 16.0. The van der Waals surface area contributed by atoms with Gasteiger partial charge in [-0.15, -0.1) is 10.2 Å². The first-order valence-corrected chi connectivity index (χ1v) is 9.94. The second kappa shape index (κ2) is 7.98. The van der Waals surface area contributed by atoms with Gasteiger partial charge in [-0.2, -0.15) is 0 Å². The van der Waals surface area contributed by atoms with Crippen LogP contribution < -0.4 is 4.74 Å². The molecule has 0 aliphatic rings. The molecule has 6 nitrogen and oxygen atoms in total. The minimum Gasteiger partial charge on any atom is -0.484 e. The quantitative estimate of drug-likeness (QED) is 0.436. The number of benzene rings is 2. The third-order valence-electron chi connectivity index (χ3n) is 4.32. The van der Waals surface area contributed by atoms with Gasteiger partial charge in [0, 0.05) is 5.75 Å². The van der Waals surface area contributed by atoms with Crippen LogP contribution in [0.15, 0.2) is 52.1 Å². The monoisotopic (exact) mass is 392 g/mol. The zero-order valence-corrected chi connectivity index (χ0v) is 16.8. The van der Waals surface area contributed by atoms with Crippen molar-refractivity contribution in [3.05, 3.63) is 70.9 Å².